The predicted molar refractivity (Wildman–Crippen MR) is 89.3 cm³/mol. The Bertz CT molecular complexity index is 556. The van der Waals surface area contributed by atoms with E-state index in [-0.39, 0.29) is 22.6 Å². The normalized spacial score (nSPS) is 18.5. The lowest BCUT2D eigenvalue weighted by molar-refractivity contribution is -0.118. The predicted octanol–water partition coefficient (Wildman–Crippen LogP) is 4.12. The summed E-state index contributed by atoms with van der Waals surface area (Å²) >= 11 is 3.46. The molecule has 0 fully saturated rings. The van der Waals surface area contributed by atoms with Crippen LogP contribution in [0.1, 0.15) is 56.0 Å². The second-order valence-electron chi connectivity index (χ2n) is 5.63. The third kappa shape index (κ3) is 3.20. The van der Waals surface area contributed by atoms with Gasteiger partial charge in [0.1, 0.15) is 0 Å². The molecule has 0 saturated carbocycles. The molecule has 0 bridgehead atoms. The smallest absolute Gasteiger partial charge is 0.226 e. The molecule has 1 aliphatic heterocycles. The average molecular weight is 352 g/mol. The van der Waals surface area contributed by atoms with E-state index in [0.29, 0.717) is 6.42 Å². The van der Waals surface area contributed by atoms with Crippen LogP contribution in [0.5, 0.6) is 0 Å². The summed E-state index contributed by atoms with van der Waals surface area (Å²) in [6.07, 6.45) is 3.14. The molecule has 1 amide bonds. The van der Waals surface area contributed by atoms with Crippen LogP contribution in [0.4, 0.5) is 5.69 Å². The summed E-state index contributed by atoms with van der Waals surface area (Å²) in [5, 5.41) is 0. The zero-order chi connectivity index (χ0) is 15.6. The van der Waals surface area contributed by atoms with Crippen molar-refractivity contribution in [2.75, 3.05) is 4.90 Å². The van der Waals surface area contributed by atoms with E-state index in [4.69, 9.17) is 0 Å². The van der Waals surface area contributed by atoms with Gasteiger partial charge in [-0.25, -0.2) is 0 Å². The number of carbonyl (C=O) groups is 2. The maximum absolute atomic E-state index is 12.4. The van der Waals surface area contributed by atoms with Gasteiger partial charge < -0.3 is 4.90 Å². The standard InChI is InChI=1S/C17H22BrNO2/c1-4-6-14(18)17(21)12-7-8-15-13(10-12)9-11(3)19(15)16(20)5-2/h7-8,10-11,14H,4-6,9H2,1-3H3. The maximum Gasteiger partial charge on any atom is 0.226 e. The molecule has 2 rings (SSSR count). The Labute approximate surface area is 134 Å². The number of ketones is 1. The number of hydrogen-bond acceptors (Lipinski definition) is 2. The van der Waals surface area contributed by atoms with E-state index in [1.54, 1.807) is 0 Å². The fraction of sp³-hybridized carbons (Fsp3) is 0.529. The highest BCUT2D eigenvalue weighted by Crippen LogP contribution is 2.34. The van der Waals surface area contributed by atoms with E-state index in [2.05, 4.69) is 29.8 Å². The van der Waals surface area contributed by atoms with Crippen molar-refractivity contribution in [1.29, 1.82) is 0 Å². The molecule has 0 radical (unpaired) electrons. The van der Waals surface area contributed by atoms with Crippen LogP contribution in [0.2, 0.25) is 0 Å². The Hall–Kier alpha value is -1.16. The van der Waals surface area contributed by atoms with Crippen molar-refractivity contribution in [2.45, 2.75) is 57.3 Å². The summed E-state index contributed by atoms with van der Waals surface area (Å²) in [6, 6.07) is 5.90. The molecule has 0 N–H and O–H groups in total. The lowest BCUT2D eigenvalue weighted by atomic mass is 10.0. The van der Waals surface area contributed by atoms with E-state index >= 15 is 0 Å². The van der Waals surface area contributed by atoms with E-state index in [1.165, 1.54) is 0 Å². The number of benzene rings is 1. The average Bonchev–Trinajstić information content (AvgIpc) is 2.80. The third-order valence-electron chi connectivity index (χ3n) is 3.98. The molecule has 2 atom stereocenters. The van der Waals surface area contributed by atoms with Crippen LogP contribution in [0.15, 0.2) is 18.2 Å². The fourth-order valence-electron chi connectivity index (χ4n) is 2.90. The SMILES string of the molecule is CCCC(Br)C(=O)c1ccc2c(c1)CC(C)N2C(=O)CC. The first-order valence-electron chi connectivity index (χ1n) is 7.62. The number of halogens is 1. The third-order valence-corrected chi connectivity index (χ3v) is 4.85. The van der Waals surface area contributed by atoms with Gasteiger partial charge >= 0.3 is 0 Å². The second-order valence-corrected chi connectivity index (χ2v) is 6.74. The summed E-state index contributed by atoms with van der Waals surface area (Å²) in [4.78, 5) is 26.2. The Morgan fingerprint density at radius 1 is 1.38 bits per heavy atom. The Balaban J connectivity index is 2.28. The van der Waals surface area contributed by atoms with Gasteiger partial charge in [-0.2, -0.15) is 0 Å². The van der Waals surface area contributed by atoms with Crippen molar-refractivity contribution < 1.29 is 9.59 Å². The number of alkyl halides is 1. The molecule has 4 heteroatoms. The van der Waals surface area contributed by atoms with Crippen LogP contribution >= 0.6 is 15.9 Å². The maximum atomic E-state index is 12.4. The summed E-state index contributed by atoms with van der Waals surface area (Å²) in [7, 11) is 0. The highest BCUT2D eigenvalue weighted by Gasteiger charge is 2.30. The Morgan fingerprint density at radius 2 is 2.10 bits per heavy atom. The zero-order valence-corrected chi connectivity index (χ0v) is 14.4. The number of hydrogen-bond donors (Lipinski definition) is 0. The van der Waals surface area contributed by atoms with Crippen molar-refractivity contribution in [3.8, 4) is 0 Å². The molecule has 0 saturated heterocycles. The summed E-state index contributed by atoms with van der Waals surface area (Å²) in [5.74, 6) is 0.275. The van der Waals surface area contributed by atoms with Crippen LogP contribution in [0, 0.1) is 0 Å². The summed E-state index contributed by atoms with van der Waals surface area (Å²) in [6.45, 7) is 6.00. The molecule has 3 nitrogen and oxygen atoms in total. The van der Waals surface area contributed by atoms with E-state index in [1.807, 2.05) is 30.0 Å². The molecular formula is C17H22BrNO2. The van der Waals surface area contributed by atoms with Gasteiger partial charge in [-0.05, 0) is 43.5 Å². The summed E-state index contributed by atoms with van der Waals surface area (Å²) < 4.78 is 0. The first-order chi connectivity index (χ1) is 9.99. The minimum absolute atomic E-state index is 0.118. The van der Waals surface area contributed by atoms with Crippen molar-refractivity contribution in [1.82, 2.24) is 0 Å². The molecular weight excluding hydrogens is 330 g/mol. The lowest BCUT2D eigenvalue weighted by Gasteiger charge is -2.22. The highest BCUT2D eigenvalue weighted by atomic mass is 79.9. The molecule has 21 heavy (non-hydrogen) atoms. The van der Waals surface area contributed by atoms with Crippen molar-refractivity contribution >= 4 is 33.3 Å². The van der Waals surface area contributed by atoms with E-state index in [9.17, 15) is 9.59 Å². The van der Waals surface area contributed by atoms with Gasteiger partial charge in [0.15, 0.2) is 5.78 Å². The second kappa shape index (κ2) is 6.73. The topological polar surface area (TPSA) is 37.4 Å². The molecule has 1 aromatic carbocycles. The number of nitrogens with zero attached hydrogens (tertiary/aromatic N) is 1. The number of fused-ring (bicyclic) bond motifs is 1. The van der Waals surface area contributed by atoms with Crippen molar-refractivity contribution in [3.63, 3.8) is 0 Å². The van der Waals surface area contributed by atoms with Gasteiger partial charge in [-0.3, -0.25) is 9.59 Å². The quantitative estimate of drug-likeness (QED) is 0.591. The van der Waals surface area contributed by atoms with Gasteiger partial charge in [-0.15, -0.1) is 0 Å². The number of amides is 1. The Kier molecular flexibility index (Phi) is 5.20. The Morgan fingerprint density at radius 3 is 2.71 bits per heavy atom. The molecule has 114 valence electrons. The van der Waals surface area contributed by atoms with Gasteiger partial charge in [0, 0.05) is 23.7 Å². The van der Waals surface area contributed by atoms with Crippen LogP contribution in [0.3, 0.4) is 0 Å². The largest absolute Gasteiger partial charge is 0.309 e. The number of anilines is 1. The van der Waals surface area contributed by atoms with Gasteiger partial charge in [0.2, 0.25) is 5.91 Å². The van der Waals surface area contributed by atoms with Crippen LogP contribution in [-0.4, -0.2) is 22.6 Å². The van der Waals surface area contributed by atoms with Gasteiger partial charge in [-0.1, -0.05) is 36.2 Å². The molecule has 0 spiro atoms. The first-order valence-corrected chi connectivity index (χ1v) is 8.54. The van der Waals surface area contributed by atoms with E-state index < -0.39 is 0 Å². The van der Waals surface area contributed by atoms with Gasteiger partial charge in [0.25, 0.3) is 0 Å². The molecule has 0 aliphatic carbocycles. The molecule has 1 aromatic rings. The molecule has 0 aromatic heterocycles. The monoisotopic (exact) mass is 351 g/mol. The lowest BCUT2D eigenvalue weighted by Crippen LogP contribution is -2.35. The minimum Gasteiger partial charge on any atom is -0.309 e. The number of rotatable bonds is 5. The highest BCUT2D eigenvalue weighted by molar-refractivity contribution is 9.10. The van der Waals surface area contributed by atoms with Crippen LogP contribution in [0.25, 0.3) is 0 Å². The minimum atomic E-state index is -0.118. The molecule has 1 heterocycles. The number of carbonyl (C=O) groups excluding carboxylic acids is 2. The van der Waals surface area contributed by atoms with Crippen LogP contribution < -0.4 is 4.90 Å². The fourth-order valence-corrected chi connectivity index (χ4v) is 3.62. The number of Topliss-reactive ketones (excluding diaryl/α,β-unsaturated/α-hetero) is 1. The van der Waals surface area contributed by atoms with E-state index in [0.717, 1.165) is 36.1 Å². The van der Waals surface area contributed by atoms with Crippen molar-refractivity contribution in [2.24, 2.45) is 0 Å². The van der Waals surface area contributed by atoms with Crippen molar-refractivity contribution in [3.05, 3.63) is 29.3 Å². The summed E-state index contributed by atoms with van der Waals surface area (Å²) in [5.41, 5.74) is 2.81. The molecule has 2 unspecified atom stereocenters. The van der Waals surface area contributed by atoms with Crippen LogP contribution in [-0.2, 0) is 11.2 Å². The zero-order valence-electron chi connectivity index (χ0n) is 12.9. The first kappa shape index (κ1) is 16.2. The molecule has 1 aliphatic rings. The van der Waals surface area contributed by atoms with Gasteiger partial charge in [0.05, 0.1) is 4.83 Å².